The number of anilines is 1. The molecule has 0 aliphatic carbocycles. The predicted octanol–water partition coefficient (Wildman–Crippen LogP) is 7.78. The molecule has 0 aliphatic rings. The van der Waals surface area contributed by atoms with Crippen LogP contribution in [0.25, 0.3) is 20.4 Å². The Morgan fingerprint density at radius 2 is 1.96 bits per heavy atom. The Labute approximate surface area is 182 Å². The summed E-state index contributed by atoms with van der Waals surface area (Å²) < 4.78 is 6.70. The number of rotatable bonds is 9. The Hall–Kier alpha value is -1.41. The summed E-state index contributed by atoms with van der Waals surface area (Å²) in [5.74, 6) is 1.16. The van der Waals surface area contributed by atoms with Crippen LogP contribution in [0.4, 0.5) is 5.69 Å². The molecule has 28 heavy (non-hydrogen) atoms. The summed E-state index contributed by atoms with van der Waals surface area (Å²) in [7, 11) is 0. The second-order valence-corrected chi connectivity index (χ2v) is 10.7. The molecule has 2 aromatic heterocycles. The van der Waals surface area contributed by atoms with Crippen molar-refractivity contribution >= 4 is 72.8 Å². The largest absolute Gasteiger partial charge is 0.367 e. The quantitative estimate of drug-likeness (QED) is 0.162. The Morgan fingerprint density at radius 1 is 1.07 bits per heavy atom. The van der Waals surface area contributed by atoms with Crippen LogP contribution >= 0.6 is 46.7 Å². The number of nitrogens with one attached hydrogen (secondary N) is 1. The van der Waals surface area contributed by atoms with Gasteiger partial charge >= 0.3 is 0 Å². The maximum Gasteiger partial charge on any atom is 0.163 e. The smallest absolute Gasteiger partial charge is 0.163 e. The number of thiazole rings is 2. The van der Waals surface area contributed by atoms with Crippen LogP contribution in [0.1, 0.15) is 32.6 Å². The van der Waals surface area contributed by atoms with E-state index in [-0.39, 0.29) is 0 Å². The van der Waals surface area contributed by atoms with E-state index in [2.05, 4.69) is 59.3 Å². The molecule has 4 rings (SSSR count). The van der Waals surface area contributed by atoms with E-state index in [0.717, 1.165) is 20.9 Å². The highest BCUT2D eigenvalue weighted by Gasteiger charge is 2.07. The van der Waals surface area contributed by atoms with Crippen molar-refractivity contribution in [1.82, 2.24) is 9.55 Å². The first kappa shape index (κ1) is 19.9. The van der Waals surface area contributed by atoms with Crippen molar-refractivity contribution in [2.75, 3.05) is 11.1 Å². The summed E-state index contributed by atoms with van der Waals surface area (Å²) in [6.07, 6.45) is 5.21. The Balaban J connectivity index is 1.43. The van der Waals surface area contributed by atoms with Gasteiger partial charge in [0.1, 0.15) is 0 Å². The van der Waals surface area contributed by atoms with E-state index in [9.17, 15) is 0 Å². The van der Waals surface area contributed by atoms with Gasteiger partial charge in [-0.15, -0.1) is 22.7 Å². The van der Waals surface area contributed by atoms with Crippen molar-refractivity contribution in [3.05, 3.63) is 46.4 Å². The van der Waals surface area contributed by atoms with Gasteiger partial charge in [-0.25, -0.2) is 4.98 Å². The van der Waals surface area contributed by atoms with Gasteiger partial charge in [0, 0.05) is 11.4 Å². The molecule has 0 saturated heterocycles. The van der Waals surface area contributed by atoms with Gasteiger partial charge < -0.3 is 9.88 Å². The molecule has 0 saturated carbocycles. The molecule has 0 amide bonds. The highest BCUT2D eigenvalue weighted by molar-refractivity contribution is 8.01. The number of aromatic nitrogens is 2. The summed E-state index contributed by atoms with van der Waals surface area (Å²) in [4.78, 5) is 4.77. The van der Waals surface area contributed by atoms with Gasteiger partial charge in [-0.3, -0.25) is 0 Å². The lowest BCUT2D eigenvalue weighted by Crippen LogP contribution is -2.07. The number of hydrogen-bond acceptors (Lipinski definition) is 6. The molecule has 2 heterocycles. The lowest BCUT2D eigenvalue weighted by molar-refractivity contribution is 0.706. The van der Waals surface area contributed by atoms with Crippen LogP contribution in [0, 0.1) is 3.95 Å². The molecule has 0 atom stereocenters. The third kappa shape index (κ3) is 4.59. The van der Waals surface area contributed by atoms with Crippen molar-refractivity contribution in [1.29, 1.82) is 0 Å². The van der Waals surface area contributed by atoms with E-state index in [0.29, 0.717) is 6.67 Å². The molecular formula is C21H23N3S4. The van der Waals surface area contributed by atoms with Crippen molar-refractivity contribution in [3.8, 4) is 0 Å². The zero-order chi connectivity index (χ0) is 19.3. The van der Waals surface area contributed by atoms with Gasteiger partial charge in [0.25, 0.3) is 0 Å². The van der Waals surface area contributed by atoms with Crippen LogP contribution < -0.4 is 5.32 Å². The van der Waals surface area contributed by atoms with Crippen molar-refractivity contribution in [3.63, 3.8) is 0 Å². The minimum Gasteiger partial charge on any atom is -0.367 e. The van der Waals surface area contributed by atoms with Crippen molar-refractivity contribution < 1.29 is 0 Å². The fourth-order valence-electron chi connectivity index (χ4n) is 3.10. The standard InChI is InChI=1S/C21H23N3S4/c1-2-3-4-7-12-26-20-23-16-11-10-15(13-19(16)27-20)22-14-24-17-8-5-6-9-18(17)28-21(24)25/h5-6,8-11,13,22H,2-4,7,12,14H2,1H3. The molecule has 0 fully saturated rings. The van der Waals surface area contributed by atoms with Gasteiger partial charge in [0.05, 0.1) is 27.1 Å². The lowest BCUT2D eigenvalue weighted by atomic mass is 10.2. The number of unbranched alkanes of at least 4 members (excludes halogenated alkanes) is 3. The molecule has 0 spiro atoms. The van der Waals surface area contributed by atoms with E-state index in [4.69, 9.17) is 17.2 Å². The molecule has 0 aliphatic heterocycles. The number of nitrogens with zero attached hydrogens (tertiary/aromatic N) is 2. The van der Waals surface area contributed by atoms with Crippen LogP contribution in [-0.4, -0.2) is 15.3 Å². The molecule has 0 unspecified atom stereocenters. The minimum absolute atomic E-state index is 0.673. The van der Waals surface area contributed by atoms with Crippen LogP contribution in [0.5, 0.6) is 0 Å². The first-order chi connectivity index (χ1) is 13.7. The van der Waals surface area contributed by atoms with Crippen LogP contribution in [-0.2, 0) is 6.67 Å². The molecule has 1 N–H and O–H groups in total. The Morgan fingerprint density at radius 3 is 2.86 bits per heavy atom. The molecular weight excluding hydrogens is 423 g/mol. The maximum absolute atomic E-state index is 5.55. The molecule has 0 bridgehead atoms. The topological polar surface area (TPSA) is 29.9 Å². The third-order valence-corrected chi connectivity index (χ3v) is 8.29. The monoisotopic (exact) mass is 445 g/mol. The second kappa shape index (κ2) is 9.39. The lowest BCUT2D eigenvalue weighted by Gasteiger charge is -2.08. The van der Waals surface area contributed by atoms with Crippen molar-refractivity contribution in [2.45, 2.75) is 43.6 Å². The van der Waals surface area contributed by atoms with Gasteiger partial charge in [0.2, 0.25) is 0 Å². The van der Waals surface area contributed by atoms with Crippen LogP contribution in [0.15, 0.2) is 46.8 Å². The highest BCUT2D eigenvalue weighted by Crippen LogP contribution is 2.32. The molecule has 3 nitrogen and oxygen atoms in total. The summed E-state index contributed by atoms with van der Waals surface area (Å²) in [6.45, 7) is 2.92. The molecule has 4 aromatic rings. The van der Waals surface area contributed by atoms with E-state index in [1.807, 2.05) is 11.8 Å². The van der Waals surface area contributed by atoms with E-state index < -0.39 is 0 Å². The normalized spacial score (nSPS) is 11.5. The van der Waals surface area contributed by atoms with Crippen LogP contribution in [0.3, 0.4) is 0 Å². The van der Waals surface area contributed by atoms with E-state index in [1.165, 1.54) is 44.9 Å². The Kier molecular flexibility index (Phi) is 6.67. The molecule has 7 heteroatoms. The fraction of sp³-hybridized carbons (Fsp3) is 0.333. The number of fused-ring (bicyclic) bond motifs is 2. The second-order valence-electron chi connectivity index (χ2n) is 6.67. The number of hydrogen-bond donors (Lipinski definition) is 1. The molecule has 0 radical (unpaired) electrons. The zero-order valence-corrected chi connectivity index (χ0v) is 19.1. The molecule has 2 aromatic carbocycles. The Bertz CT molecular complexity index is 1130. The number of benzene rings is 2. The first-order valence-corrected chi connectivity index (χ1v) is 12.6. The number of para-hydroxylation sites is 1. The third-order valence-electron chi connectivity index (χ3n) is 4.61. The van der Waals surface area contributed by atoms with E-state index >= 15 is 0 Å². The van der Waals surface area contributed by atoms with Gasteiger partial charge in [-0.1, -0.05) is 50.1 Å². The van der Waals surface area contributed by atoms with Gasteiger partial charge in [0.15, 0.2) is 8.29 Å². The number of thioether (sulfide) groups is 1. The highest BCUT2D eigenvalue weighted by atomic mass is 32.2. The van der Waals surface area contributed by atoms with Crippen LogP contribution in [0.2, 0.25) is 0 Å². The zero-order valence-electron chi connectivity index (χ0n) is 15.8. The average molecular weight is 446 g/mol. The molecule has 146 valence electrons. The summed E-state index contributed by atoms with van der Waals surface area (Å²) in [5.41, 5.74) is 3.38. The van der Waals surface area contributed by atoms with Gasteiger partial charge in [-0.05, 0) is 49.0 Å². The van der Waals surface area contributed by atoms with Crippen molar-refractivity contribution in [2.24, 2.45) is 0 Å². The summed E-state index contributed by atoms with van der Waals surface area (Å²) in [5, 5.41) is 3.52. The fourth-order valence-corrected chi connectivity index (χ4v) is 6.60. The average Bonchev–Trinajstić information content (AvgIpc) is 3.25. The SMILES string of the molecule is CCCCCCSc1nc2ccc(NCn3c(=S)sc4ccccc43)cc2s1. The maximum atomic E-state index is 5.55. The first-order valence-electron chi connectivity index (χ1n) is 9.60. The predicted molar refractivity (Wildman–Crippen MR) is 129 cm³/mol. The van der Waals surface area contributed by atoms with Gasteiger partial charge in [-0.2, -0.15) is 0 Å². The van der Waals surface area contributed by atoms with E-state index in [1.54, 1.807) is 22.7 Å². The minimum atomic E-state index is 0.673. The summed E-state index contributed by atoms with van der Waals surface area (Å²) >= 11 is 10.9. The summed E-state index contributed by atoms with van der Waals surface area (Å²) in [6, 6.07) is 14.8.